The Morgan fingerprint density at radius 2 is 2.13 bits per heavy atom. The molecule has 0 heterocycles. The first-order valence-corrected chi connectivity index (χ1v) is 5.07. The third-order valence-corrected chi connectivity index (χ3v) is 2.30. The molecule has 80 valence electrons. The topological polar surface area (TPSA) is 35.2 Å². The molecule has 0 aliphatic rings. The van der Waals surface area contributed by atoms with Gasteiger partial charge in [-0.25, -0.2) is 0 Å². The lowest BCUT2D eigenvalue weighted by Gasteiger charge is -2.14. The van der Waals surface area contributed by atoms with Gasteiger partial charge in [0.1, 0.15) is 5.75 Å². The fourth-order valence-corrected chi connectivity index (χ4v) is 1.48. The Morgan fingerprint density at radius 1 is 1.40 bits per heavy atom. The normalized spacial score (nSPS) is 11.4. The van der Waals surface area contributed by atoms with Crippen molar-refractivity contribution in [1.82, 2.24) is 0 Å². The van der Waals surface area contributed by atoms with Gasteiger partial charge in [0.05, 0.1) is 7.11 Å². The van der Waals surface area contributed by atoms with Crippen LogP contribution in [-0.2, 0) is 0 Å². The van der Waals surface area contributed by atoms with Gasteiger partial charge in [-0.1, -0.05) is 18.2 Å². The number of hydrogen-bond donors (Lipinski definition) is 1. The highest BCUT2D eigenvalue weighted by Gasteiger charge is 2.09. The lowest BCUT2D eigenvalue weighted by Crippen LogP contribution is -2.11. The van der Waals surface area contributed by atoms with Gasteiger partial charge < -0.3 is 10.5 Å². The van der Waals surface area contributed by atoms with Crippen LogP contribution in [0.5, 0.6) is 5.75 Å². The highest BCUT2D eigenvalue weighted by molar-refractivity contribution is 5.35. The van der Waals surface area contributed by atoms with Crippen LogP contribution in [0.2, 0.25) is 0 Å². The zero-order valence-corrected chi connectivity index (χ0v) is 9.29. The second-order valence-corrected chi connectivity index (χ2v) is 3.31. The summed E-state index contributed by atoms with van der Waals surface area (Å²) in [5.41, 5.74) is 7.12. The highest BCUT2D eigenvalue weighted by atomic mass is 16.5. The summed E-state index contributed by atoms with van der Waals surface area (Å²) in [6.45, 7) is 1.84. The Labute approximate surface area is 91.4 Å². The molecule has 0 amide bonds. The average molecular weight is 203 g/mol. The molecule has 0 bridgehead atoms. The average Bonchev–Trinajstić information content (AvgIpc) is 2.29. The molecule has 1 aromatic rings. The minimum absolute atomic E-state index is 0.00185. The van der Waals surface area contributed by atoms with Crippen molar-refractivity contribution in [2.24, 2.45) is 5.73 Å². The first-order chi connectivity index (χ1) is 7.29. The maximum atomic E-state index is 6.06. The number of nitrogens with two attached hydrogens (primary N) is 1. The molecule has 0 fully saturated rings. The summed E-state index contributed by atoms with van der Waals surface area (Å²) in [7, 11) is 1.66. The second-order valence-electron chi connectivity index (χ2n) is 3.31. The van der Waals surface area contributed by atoms with E-state index in [-0.39, 0.29) is 6.04 Å². The zero-order valence-electron chi connectivity index (χ0n) is 9.29. The third kappa shape index (κ3) is 3.30. The van der Waals surface area contributed by atoms with Crippen LogP contribution >= 0.6 is 0 Å². The van der Waals surface area contributed by atoms with Gasteiger partial charge in [0.15, 0.2) is 0 Å². The number of hydrogen-bond acceptors (Lipinski definition) is 2. The van der Waals surface area contributed by atoms with Crippen molar-refractivity contribution in [3.05, 3.63) is 29.8 Å². The van der Waals surface area contributed by atoms with Crippen LogP contribution in [0.25, 0.3) is 0 Å². The van der Waals surface area contributed by atoms with Crippen molar-refractivity contribution < 1.29 is 4.74 Å². The molecule has 1 rings (SSSR count). The van der Waals surface area contributed by atoms with Gasteiger partial charge in [0, 0.05) is 18.0 Å². The zero-order chi connectivity index (χ0) is 11.1. The van der Waals surface area contributed by atoms with Gasteiger partial charge in [-0.2, -0.15) is 0 Å². The Kier molecular flexibility index (Phi) is 4.73. The lowest BCUT2D eigenvalue weighted by molar-refractivity contribution is 0.404. The van der Waals surface area contributed by atoms with Gasteiger partial charge in [0.25, 0.3) is 0 Å². The van der Waals surface area contributed by atoms with Crippen molar-refractivity contribution in [3.8, 4) is 17.6 Å². The van der Waals surface area contributed by atoms with E-state index in [2.05, 4.69) is 11.8 Å². The van der Waals surface area contributed by atoms with Crippen LogP contribution in [0, 0.1) is 11.8 Å². The van der Waals surface area contributed by atoms with Crippen LogP contribution in [-0.4, -0.2) is 7.11 Å². The monoisotopic (exact) mass is 203 g/mol. The Hall–Kier alpha value is -1.46. The van der Waals surface area contributed by atoms with E-state index in [1.165, 1.54) is 0 Å². The first kappa shape index (κ1) is 11.6. The smallest absolute Gasteiger partial charge is 0.123 e. The quantitative estimate of drug-likeness (QED) is 0.763. The predicted octanol–water partition coefficient (Wildman–Crippen LogP) is 2.50. The van der Waals surface area contributed by atoms with Gasteiger partial charge in [0.2, 0.25) is 0 Å². The van der Waals surface area contributed by atoms with Crippen LogP contribution in [0.4, 0.5) is 0 Å². The molecule has 1 unspecified atom stereocenters. The second kappa shape index (κ2) is 6.10. The molecule has 1 aromatic carbocycles. The molecule has 0 aromatic heterocycles. The van der Waals surface area contributed by atoms with Gasteiger partial charge in [-0.15, -0.1) is 11.8 Å². The summed E-state index contributed by atoms with van der Waals surface area (Å²) in [5, 5.41) is 0. The van der Waals surface area contributed by atoms with Crippen molar-refractivity contribution in [3.63, 3.8) is 0 Å². The fraction of sp³-hybridized carbons (Fsp3) is 0.385. The molecule has 0 radical (unpaired) electrons. The third-order valence-electron chi connectivity index (χ3n) is 2.30. The van der Waals surface area contributed by atoms with Crippen LogP contribution < -0.4 is 10.5 Å². The van der Waals surface area contributed by atoms with Crippen LogP contribution in [0.3, 0.4) is 0 Å². The van der Waals surface area contributed by atoms with Crippen LogP contribution in [0.15, 0.2) is 24.3 Å². The predicted molar refractivity (Wildman–Crippen MR) is 62.6 cm³/mol. The summed E-state index contributed by atoms with van der Waals surface area (Å²) >= 11 is 0. The molecule has 2 heteroatoms. The molecular weight excluding hydrogens is 186 g/mol. The number of ether oxygens (including phenoxy) is 1. The molecule has 1 atom stereocenters. The number of benzene rings is 1. The van der Waals surface area contributed by atoms with E-state index in [9.17, 15) is 0 Å². The van der Waals surface area contributed by atoms with E-state index in [4.69, 9.17) is 10.5 Å². The maximum absolute atomic E-state index is 6.06. The number of methoxy groups -OCH3 is 1. The van der Waals surface area contributed by atoms with Crippen molar-refractivity contribution >= 4 is 0 Å². The summed E-state index contributed by atoms with van der Waals surface area (Å²) in [6.07, 6.45) is 1.69. The highest BCUT2D eigenvalue weighted by Crippen LogP contribution is 2.25. The minimum atomic E-state index is 0.00185. The largest absolute Gasteiger partial charge is 0.496 e. The van der Waals surface area contributed by atoms with E-state index >= 15 is 0 Å². The summed E-state index contributed by atoms with van der Waals surface area (Å²) in [4.78, 5) is 0. The van der Waals surface area contributed by atoms with E-state index in [1.807, 2.05) is 31.2 Å². The van der Waals surface area contributed by atoms with Gasteiger partial charge >= 0.3 is 0 Å². The van der Waals surface area contributed by atoms with E-state index in [1.54, 1.807) is 7.11 Å². The molecule has 0 saturated heterocycles. The van der Waals surface area contributed by atoms with E-state index < -0.39 is 0 Å². The minimum Gasteiger partial charge on any atom is -0.496 e. The fourth-order valence-electron chi connectivity index (χ4n) is 1.48. The Morgan fingerprint density at radius 3 is 2.80 bits per heavy atom. The SMILES string of the molecule is CC#CCCC(N)c1ccccc1OC. The van der Waals surface area contributed by atoms with Crippen molar-refractivity contribution in [2.75, 3.05) is 7.11 Å². The molecule has 0 spiro atoms. The molecule has 2 nitrogen and oxygen atoms in total. The van der Waals surface area contributed by atoms with Gasteiger partial charge in [-0.05, 0) is 19.4 Å². The van der Waals surface area contributed by atoms with Crippen LogP contribution in [0.1, 0.15) is 31.4 Å². The summed E-state index contributed by atoms with van der Waals surface area (Å²) < 4.78 is 5.26. The summed E-state index contributed by atoms with van der Waals surface area (Å²) in [5.74, 6) is 6.74. The Balaban J connectivity index is 2.70. The molecule has 15 heavy (non-hydrogen) atoms. The lowest BCUT2D eigenvalue weighted by atomic mass is 10.0. The maximum Gasteiger partial charge on any atom is 0.123 e. The van der Waals surface area contributed by atoms with Gasteiger partial charge in [-0.3, -0.25) is 0 Å². The number of para-hydroxylation sites is 1. The standard InChI is InChI=1S/C13H17NO/c1-3-4-5-9-12(14)11-8-6-7-10-13(11)15-2/h6-8,10,12H,5,9,14H2,1-2H3. The van der Waals surface area contributed by atoms with E-state index in [0.717, 1.165) is 24.2 Å². The van der Waals surface area contributed by atoms with Crippen molar-refractivity contribution in [1.29, 1.82) is 0 Å². The Bertz CT molecular complexity index is 362. The van der Waals surface area contributed by atoms with E-state index in [0.29, 0.717) is 0 Å². The molecule has 0 aliphatic carbocycles. The van der Waals surface area contributed by atoms with Crippen molar-refractivity contribution in [2.45, 2.75) is 25.8 Å². The molecule has 0 aliphatic heterocycles. The molecule has 0 saturated carbocycles. The first-order valence-electron chi connectivity index (χ1n) is 5.07. The summed E-state index contributed by atoms with van der Waals surface area (Å²) in [6, 6.07) is 7.86. The molecule has 2 N–H and O–H groups in total. The number of rotatable bonds is 4. The molecular formula is C13H17NO.